The van der Waals surface area contributed by atoms with Gasteiger partial charge in [0.15, 0.2) is 0 Å². The van der Waals surface area contributed by atoms with Gasteiger partial charge in [0.25, 0.3) is 5.91 Å². The monoisotopic (exact) mass is 405 g/mol. The largest absolute Gasteiger partial charge is 0.375 e. The molecule has 0 atom stereocenters. The molecule has 3 rings (SSSR count). The number of carbonyl (C=O) groups is 2. The highest BCUT2D eigenvalue weighted by molar-refractivity contribution is 5.94. The summed E-state index contributed by atoms with van der Waals surface area (Å²) in [6.45, 7) is 2.97. The average molecular weight is 405 g/mol. The van der Waals surface area contributed by atoms with Crippen molar-refractivity contribution in [2.24, 2.45) is 5.73 Å². The molecule has 3 aromatic rings. The van der Waals surface area contributed by atoms with E-state index in [0.717, 1.165) is 11.1 Å². The number of hydrogen-bond acceptors (Lipinski definition) is 5. The fourth-order valence-electron chi connectivity index (χ4n) is 2.78. The first kappa shape index (κ1) is 20.9. The van der Waals surface area contributed by atoms with Gasteiger partial charge >= 0.3 is 6.03 Å². The van der Waals surface area contributed by atoms with Crippen LogP contribution in [0.15, 0.2) is 60.9 Å². The SMILES string of the molecule is CCOCc1nc(-c2ccc(NC(=O)NCc3cccnc3)cc2)ccc1C(N)=O. The van der Waals surface area contributed by atoms with Crippen LogP contribution >= 0.6 is 0 Å². The maximum atomic E-state index is 12.1. The maximum absolute atomic E-state index is 12.1. The minimum atomic E-state index is -0.541. The van der Waals surface area contributed by atoms with Crippen molar-refractivity contribution >= 4 is 17.6 Å². The third kappa shape index (κ3) is 5.62. The van der Waals surface area contributed by atoms with Crippen molar-refractivity contribution in [2.45, 2.75) is 20.1 Å². The molecule has 0 fully saturated rings. The summed E-state index contributed by atoms with van der Waals surface area (Å²) in [5.74, 6) is -0.541. The molecule has 0 saturated heterocycles. The Morgan fingerprint density at radius 2 is 1.90 bits per heavy atom. The second-order valence-corrected chi connectivity index (χ2v) is 6.44. The number of ether oxygens (including phenoxy) is 1. The third-order valence-electron chi connectivity index (χ3n) is 4.30. The van der Waals surface area contributed by atoms with Gasteiger partial charge in [-0.05, 0) is 42.8 Å². The Kier molecular flexibility index (Phi) is 7.07. The van der Waals surface area contributed by atoms with E-state index in [1.165, 1.54) is 0 Å². The van der Waals surface area contributed by atoms with Crippen molar-refractivity contribution in [2.75, 3.05) is 11.9 Å². The van der Waals surface area contributed by atoms with Gasteiger partial charge in [-0.2, -0.15) is 0 Å². The molecule has 2 aromatic heterocycles. The quantitative estimate of drug-likeness (QED) is 0.532. The molecule has 0 bridgehead atoms. The van der Waals surface area contributed by atoms with E-state index >= 15 is 0 Å². The first-order valence-electron chi connectivity index (χ1n) is 9.48. The van der Waals surface area contributed by atoms with Crippen LogP contribution in [0.5, 0.6) is 0 Å². The van der Waals surface area contributed by atoms with Gasteiger partial charge in [-0.3, -0.25) is 9.78 Å². The lowest BCUT2D eigenvalue weighted by atomic mass is 10.1. The summed E-state index contributed by atoms with van der Waals surface area (Å²) in [5.41, 5.74) is 9.34. The summed E-state index contributed by atoms with van der Waals surface area (Å²) in [4.78, 5) is 32.2. The molecule has 4 N–H and O–H groups in total. The number of primary amides is 1. The number of aromatic nitrogens is 2. The summed E-state index contributed by atoms with van der Waals surface area (Å²) < 4.78 is 5.39. The van der Waals surface area contributed by atoms with Gasteiger partial charge in [0.2, 0.25) is 0 Å². The van der Waals surface area contributed by atoms with Crippen LogP contribution in [0, 0.1) is 0 Å². The van der Waals surface area contributed by atoms with Crippen LogP contribution in [-0.2, 0) is 17.9 Å². The predicted molar refractivity (Wildman–Crippen MR) is 114 cm³/mol. The Hall–Kier alpha value is -3.78. The molecule has 0 aliphatic heterocycles. The van der Waals surface area contributed by atoms with Gasteiger partial charge in [0.05, 0.1) is 23.6 Å². The van der Waals surface area contributed by atoms with Crippen LogP contribution in [0.1, 0.15) is 28.5 Å². The number of benzene rings is 1. The lowest BCUT2D eigenvalue weighted by Crippen LogP contribution is -2.28. The van der Waals surface area contributed by atoms with Crippen LogP contribution in [0.4, 0.5) is 10.5 Å². The second-order valence-electron chi connectivity index (χ2n) is 6.44. The van der Waals surface area contributed by atoms with Crippen molar-refractivity contribution in [3.05, 3.63) is 77.7 Å². The molecular formula is C22H23N5O3. The summed E-state index contributed by atoms with van der Waals surface area (Å²) >= 11 is 0. The number of nitrogens with two attached hydrogens (primary N) is 1. The maximum Gasteiger partial charge on any atom is 0.319 e. The topological polar surface area (TPSA) is 119 Å². The van der Waals surface area contributed by atoms with Crippen molar-refractivity contribution in [3.8, 4) is 11.3 Å². The molecule has 1 aromatic carbocycles. The van der Waals surface area contributed by atoms with Crippen LogP contribution in [-0.4, -0.2) is 28.5 Å². The van der Waals surface area contributed by atoms with Crippen LogP contribution in [0.25, 0.3) is 11.3 Å². The van der Waals surface area contributed by atoms with Crippen LogP contribution < -0.4 is 16.4 Å². The van der Waals surface area contributed by atoms with Crippen LogP contribution in [0.3, 0.4) is 0 Å². The Morgan fingerprint density at radius 3 is 2.57 bits per heavy atom. The molecule has 0 saturated carbocycles. The van der Waals surface area contributed by atoms with Gasteiger partial charge < -0.3 is 21.1 Å². The molecule has 8 heteroatoms. The Labute approximate surface area is 174 Å². The third-order valence-corrected chi connectivity index (χ3v) is 4.30. The van der Waals surface area contributed by atoms with E-state index < -0.39 is 5.91 Å². The van der Waals surface area contributed by atoms with Crippen LogP contribution in [0.2, 0.25) is 0 Å². The normalized spacial score (nSPS) is 10.4. The number of carbonyl (C=O) groups excluding carboxylic acids is 2. The van der Waals surface area contributed by atoms with E-state index in [4.69, 9.17) is 10.5 Å². The molecular weight excluding hydrogens is 382 g/mol. The zero-order chi connectivity index (χ0) is 21.3. The minimum Gasteiger partial charge on any atom is -0.375 e. The van der Waals surface area contributed by atoms with Gasteiger partial charge in [0.1, 0.15) is 0 Å². The van der Waals surface area contributed by atoms with E-state index in [9.17, 15) is 9.59 Å². The fourth-order valence-corrected chi connectivity index (χ4v) is 2.78. The number of amides is 3. The van der Waals surface area contributed by atoms with E-state index in [0.29, 0.717) is 35.8 Å². The summed E-state index contributed by atoms with van der Waals surface area (Å²) in [6, 6.07) is 14.0. The Bertz CT molecular complexity index is 1010. The minimum absolute atomic E-state index is 0.208. The molecule has 0 aliphatic rings. The van der Waals surface area contributed by atoms with E-state index in [2.05, 4.69) is 20.6 Å². The Balaban J connectivity index is 1.66. The second kappa shape index (κ2) is 10.1. The lowest BCUT2D eigenvalue weighted by molar-refractivity contribution is 0.0987. The molecule has 0 radical (unpaired) electrons. The average Bonchev–Trinajstić information content (AvgIpc) is 2.77. The molecule has 2 heterocycles. The van der Waals surface area contributed by atoms with E-state index in [-0.39, 0.29) is 12.6 Å². The van der Waals surface area contributed by atoms with Gasteiger partial charge in [-0.15, -0.1) is 0 Å². The molecule has 0 unspecified atom stereocenters. The number of nitrogens with one attached hydrogen (secondary N) is 2. The highest BCUT2D eigenvalue weighted by Gasteiger charge is 2.12. The van der Waals surface area contributed by atoms with Gasteiger partial charge in [0, 0.05) is 36.8 Å². The summed E-state index contributed by atoms with van der Waals surface area (Å²) in [5, 5.41) is 5.56. The number of pyridine rings is 2. The zero-order valence-electron chi connectivity index (χ0n) is 16.6. The number of nitrogens with zero attached hydrogens (tertiary/aromatic N) is 2. The summed E-state index contributed by atoms with van der Waals surface area (Å²) in [6.07, 6.45) is 3.38. The van der Waals surface area contributed by atoms with Gasteiger partial charge in [-0.25, -0.2) is 9.78 Å². The fraction of sp³-hybridized carbons (Fsp3) is 0.182. The number of urea groups is 1. The number of anilines is 1. The van der Waals surface area contributed by atoms with Crippen molar-refractivity contribution < 1.29 is 14.3 Å². The molecule has 154 valence electrons. The molecule has 30 heavy (non-hydrogen) atoms. The molecule has 0 spiro atoms. The molecule has 8 nitrogen and oxygen atoms in total. The zero-order valence-corrected chi connectivity index (χ0v) is 16.6. The highest BCUT2D eigenvalue weighted by atomic mass is 16.5. The smallest absolute Gasteiger partial charge is 0.319 e. The highest BCUT2D eigenvalue weighted by Crippen LogP contribution is 2.22. The van der Waals surface area contributed by atoms with E-state index in [1.54, 1.807) is 36.7 Å². The number of hydrogen-bond donors (Lipinski definition) is 3. The Morgan fingerprint density at radius 1 is 1.10 bits per heavy atom. The van der Waals surface area contributed by atoms with E-state index in [1.807, 2.05) is 31.2 Å². The lowest BCUT2D eigenvalue weighted by Gasteiger charge is -2.10. The van der Waals surface area contributed by atoms with Crippen molar-refractivity contribution in [3.63, 3.8) is 0 Å². The predicted octanol–water partition coefficient (Wildman–Crippen LogP) is 3.10. The summed E-state index contributed by atoms with van der Waals surface area (Å²) in [7, 11) is 0. The first-order valence-corrected chi connectivity index (χ1v) is 9.48. The molecule has 3 amide bonds. The molecule has 0 aliphatic carbocycles. The van der Waals surface area contributed by atoms with Crippen molar-refractivity contribution in [1.29, 1.82) is 0 Å². The number of rotatable bonds is 8. The van der Waals surface area contributed by atoms with Crippen molar-refractivity contribution in [1.82, 2.24) is 15.3 Å². The first-order chi connectivity index (χ1) is 14.6. The van der Waals surface area contributed by atoms with Gasteiger partial charge in [-0.1, -0.05) is 18.2 Å². The standard InChI is InChI=1S/C22H23N5O3/c1-2-30-14-20-18(21(23)28)9-10-19(27-20)16-5-7-17(8-6-16)26-22(29)25-13-15-4-3-11-24-12-15/h3-12H,2,13-14H2,1H3,(H2,23,28)(H2,25,26,29).